The molecule has 2 aliphatic heterocycles. The van der Waals surface area contributed by atoms with E-state index in [2.05, 4.69) is 4.98 Å². The molecule has 6 heteroatoms. The molecular weight excluding hydrogens is 288 g/mol. The maximum absolute atomic E-state index is 12.6. The van der Waals surface area contributed by atoms with Gasteiger partial charge in [-0.25, -0.2) is 8.42 Å². The molecule has 2 fully saturated rings. The van der Waals surface area contributed by atoms with E-state index in [-0.39, 0.29) is 22.2 Å². The van der Waals surface area contributed by atoms with Crippen molar-refractivity contribution < 1.29 is 13.2 Å². The number of nitriles is 1. The molecule has 110 valence electrons. The highest BCUT2D eigenvalue weighted by molar-refractivity contribution is 7.92. The zero-order valence-corrected chi connectivity index (χ0v) is 12.3. The summed E-state index contributed by atoms with van der Waals surface area (Å²) in [5.41, 5.74) is 0.765. The van der Waals surface area contributed by atoms with Crippen LogP contribution in [0.3, 0.4) is 0 Å². The van der Waals surface area contributed by atoms with E-state index in [9.17, 15) is 13.2 Å². The van der Waals surface area contributed by atoms with Gasteiger partial charge < -0.3 is 0 Å². The second kappa shape index (κ2) is 5.23. The van der Waals surface area contributed by atoms with Crippen LogP contribution in [0, 0.1) is 17.2 Å². The number of pyridine rings is 1. The second-order valence-corrected chi connectivity index (χ2v) is 8.38. The number of hydrogen-bond acceptors (Lipinski definition) is 5. The summed E-state index contributed by atoms with van der Waals surface area (Å²) in [4.78, 5) is 16.5. The fourth-order valence-electron chi connectivity index (χ4n) is 3.49. The molecule has 3 heterocycles. The van der Waals surface area contributed by atoms with E-state index >= 15 is 0 Å². The molecule has 0 radical (unpaired) electrons. The highest BCUT2D eigenvalue weighted by atomic mass is 32.2. The molecule has 0 amide bonds. The van der Waals surface area contributed by atoms with Gasteiger partial charge in [0, 0.05) is 23.9 Å². The van der Waals surface area contributed by atoms with Gasteiger partial charge in [-0.1, -0.05) is 6.42 Å². The minimum atomic E-state index is -3.05. The third kappa shape index (κ3) is 2.46. The van der Waals surface area contributed by atoms with Crippen molar-refractivity contribution in [2.24, 2.45) is 5.92 Å². The lowest BCUT2D eigenvalue weighted by Crippen LogP contribution is -2.45. The molecule has 0 N–H and O–H groups in total. The Morgan fingerprint density at radius 1 is 1.24 bits per heavy atom. The standard InChI is InChI=1S/C15H16N2O3S/c16-7-10-4-12(9-17-8-10)15(18)11-5-13-2-1-3-14(6-11)21(13,19)20/h4,8-9,11,13-14H,1-3,5-6H2. The topological polar surface area (TPSA) is 87.9 Å². The van der Waals surface area contributed by atoms with Crippen molar-refractivity contribution in [3.63, 3.8) is 0 Å². The Balaban J connectivity index is 1.85. The molecule has 0 spiro atoms. The molecule has 1 aromatic heterocycles. The SMILES string of the molecule is N#Cc1cncc(C(=O)C2CC3CCCC(C2)S3(=O)=O)c1. The van der Waals surface area contributed by atoms with Gasteiger partial charge in [0.15, 0.2) is 15.6 Å². The number of carbonyl (C=O) groups is 1. The summed E-state index contributed by atoms with van der Waals surface area (Å²) in [6, 6.07) is 3.50. The van der Waals surface area contributed by atoms with Gasteiger partial charge in [-0.15, -0.1) is 0 Å². The Hall–Kier alpha value is -1.74. The molecule has 21 heavy (non-hydrogen) atoms. The van der Waals surface area contributed by atoms with Gasteiger partial charge >= 0.3 is 0 Å². The zero-order valence-electron chi connectivity index (χ0n) is 11.5. The predicted molar refractivity (Wildman–Crippen MR) is 76.4 cm³/mol. The van der Waals surface area contributed by atoms with Gasteiger partial charge in [0.2, 0.25) is 0 Å². The number of nitrogens with zero attached hydrogens (tertiary/aromatic N) is 2. The average molecular weight is 304 g/mol. The van der Waals surface area contributed by atoms with E-state index in [4.69, 9.17) is 5.26 Å². The van der Waals surface area contributed by atoms with Gasteiger partial charge in [0.1, 0.15) is 6.07 Å². The molecular formula is C15H16N2O3S. The molecule has 2 atom stereocenters. The average Bonchev–Trinajstić information content (AvgIpc) is 2.45. The zero-order chi connectivity index (χ0) is 15.0. The van der Waals surface area contributed by atoms with Gasteiger partial charge in [-0.2, -0.15) is 5.26 Å². The Kier molecular flexibility index (Phi) is 3.54. The van der Waals surface area contributed by atoms with Crippen molar-refractivity contribution in [1.29, 1.82) is 5.26 Å². The fraction of sp³-hybridized carbons (Fsp3) is 0.533. The quantitative estimate of drug-likeness (QED) is 0.778. The highest BCUT2D eigenvalue weighted by Gasteiger charge is 2.46. The number of sulfone groups is 1. The summed E-state index contributed by atoms with van der Waals surface area (Å²) < 4.78 is 24.5. The van der Waals surface area contributed by atoms with E-state index in [1.54, 1.807) is 0 Å². The third-order valence-corrected chi connectivity index (χ3v) is 7.31. The van der Waals surface area contributed by atoms with E-state index in [1.165, 1.54) is 18.5 Å². The van der Waals surface area contributed by atoms with Crippen molar-refractivity contribution in [2.75, 3.05) is 0 Å². The van der Waals surface area contributed by atoms with Crippen molar-refractivity contribution in [1.82, 2.24) is 4.98 Å². The number of aromatic nitrogens is 1. The van der Waals surface area contributed by atoms with Crippen LogP contribution >= 0.6 is 0 Å². The summed E-state index contributed by atoms with van der Waals surface area (Å²) in [6.45, 7) is 0. The first-order valence-electron chi connectivity index (χ1n) is 7.14. The Labute approximate surface area is 123 Å². The third-order valence-electron chi connectivity index (χ3n) is 4.60. The molecule has 0 aromatic carbocycles. The smallest absolute Gasteiger partial charge is 0.167 e. The van der Waals surface area contributed by atoms with Crippen LogP contribution in [0.15, 0.2) is 18.5 Å². The largest absolute Gasteiger partial charge is 0.294 e. The van der Waals surface area contributed by atoms with E-state index in [1.807, 2.05) is 6.07 Å². The van der Waals surface area contributed by atoms with Crippen molar-refractivity contribution >= 4 is 15.6 Å². The van der Waals surface area contributed by atoms with Crippen LogP contribution in [0.1, 0.15) is 48.0 Å². The van der Waals surface area contributed by atoms with Crippen LogP contribution in [-0.2, 0) is 9.84 Å². The lowest BCUT2D eigenvalue weighted by molar-refractivity contribution is 0.0893. The first kappa shape index (κ1) is 14.2. The Morgan fingerprint density at radius 2 is 1.90 bits per heavy atom. The molecule has 0 saturated carbocycles. The van der Waals surface area contributed by atoms with Gasteiger partial charge in [-0.3, -0.25) is 9.78 Å². The first-order chi connectivity index (χ1) is 10.0. The Bertz CT molecular complexity index is 701. The molecule has 2 aliphatic rings. The lowest BCUT2D eigenvalue weighted by atomic mass is 9.84. The van der Waals surface area contributed by atoms with Crippen LogP contribution in [-0.4, -0.2) is 29.7 Å². The predicted octanol–water partition coefficient (Wildman–Crippen LogP) is 1.88. The molecule has 1 aromatic rings. The molecule has 2 bridgehead atoms. The Morgan fingerprint density at radius 3 is 2.52 bits per heavy atom. The minimum Gasteiger partial charge on any atom is -0.294 e. The fourth-order valence-corrected chi connectivity index (χ4v) is 6.03. The van der Waals surface area contributed by atoms with Crippen molar-refractivity contribution in [3.8, 4) is 6.07 Å². The normalized spacial score (nSPS) is 30.3. The number of carbonyl (C=O) groups excluding carboxylic acids is 1. The summed E-state index contributed by atoms with van der Waals surface area (Å²) in [6.07, 6.45) is 5.96. The van der Waals surface area contributed by atoms with E-state index < -0.39 is 9.84 Å². The van der Waals surface area contributed by atoms with Crippen LogP contribution in [0.2, 0.25) is 0 Å². The van der Waals surface area contributed by atoms with Crippen molar-refractivity contribution in [2.45, 2.75) is 42.6 Å². The van der Waals surface area contributed by atoms with Gasteiger partial charge in [0.05, 0.1) is 16.1 Å². The minimum absolute atomic E-state index is 0.0774. The van der Waals surface area contributed by atoms with E-state index in [0.29, 0.717) is 36.8 Å². The maximum Gasteiger partial charge on any atom is 0.167 e. The number of rotatable bonds is 2. The molecule has 2 unspecified atom stereocenters. The molecule has 5 nitrogen and oxygen atoms in total. The first-order valence-corrected chi connectivity index (χ1v) is 8.75. The van der Waals surface area contributed by atoms with Crippen LogP contribution in [0.5, 0.6) is 0 Å². The molecule has 3 rings (SSSR count). The van der Waals surface area contributed by atoms with Gasteiger partial charge in [0.25, 0.3) is 0 Å². The number of fused-ring (bicyclic) bond motifs is 2. The number of hydrogen-bond donors (Lipinski definition) is 0. The summed E-state index contributed by atoms with van der Waals surface area (Å²) in [7, 11) is -3.05. The number of Topliss-reactive ketones (excluding diaryl/α,β-unsaturated/α-hetero) is 1. The van der Waals surface area contributed by atoms with Crippen LogP contribution < -0.4 is 0 Å². The summed E-state index contributed by atoms with van der Waals surface area (Å²) >= 11 is 0. The van der Waals surface area contributed by atoms with Crippen LogP contribution in [0.4, 0.5) is 0 Å². The lowest BCUT2D eigenvalue weighted by Gasteiger charge is -2.38. The highest BCUT2D eigenvalue weighted by Crippen LogP contribution is 2.40. The molecule has 0 aliphatic carbocycles. The number of ketones is 1. The monoisotopic (exact) mass is 304 g/mol. The summed E-state index contributed by atoms with van der Waals surface area (Å²) in [5, 5.41) is 8.13. The van der Waals surface area contributed by atoms with Crippen LogP contribution in [0.25, 0.3) is 0 Å². The summed E-state index contributed by atoms with van der Waals surface area (Å²) in [5.74, 6) is -0.342. The second-order valence-electron chi connectivity index (χ2n) is 5.87. The van der Waals surface area contributed by atoms with Gasteiger partial charge in [-0.05, 0) is 31.7 Å². The van der Waals surface area contributed by atoms with E-state index in [0.717, 1.165) is 6.42 Å². The van der Waals surface area contributed by atoms with Crippen molar-refractivity contribution in [3.05, 3.63) is 29.6 Å². The maximum atomic E-state index is 12.6. The molecule has 2 saturated heterocycles.